The van der Waals surface area contributed by atoms with Crippen molar-refractivity contribution in [2.24, 2.45) is 0 Å². The minimum atomic E-state index is -0.332. The first-order valence-electron chi connectivity index (χ1n) is 2.73. The number of H-pyrrole nitrogens is 1. The number of nitrogens with two attached hydrogens (primary N) is 1. The van der Waals surface area contributed by atoms with Crippen LogP contribution in [0.5, 0.6) is 0 Å². The molecule has 0 amide bonds. The van der Waals surface area contributed by atoms with Crippen LogP contribution in [0.1, 0.15) is 5.56 Å². The van der Waals surface area contributed by atoms with Crippen LogP contribution in [0, 0.1) is 11.3 Å². The van der Waals surface area contributed by atoms with Crippen LogP contribution in [0.25, 0.3) is 0 Å². The van der Waals surface area contributed by atoms with E-state index in [1.807, 2.05) is 6.07 Å². The second kappa shape index (κ2) is 2.76. The van der Waals surface area contributed by atoms with E-state index in [0.29, 0.717) is 4.47 Å². The van der Waals surface area contributed by atoms with Crippen molar-refractivity contribution < 1.29 is 0 Å². The Hall–Kier alpha value is -1.28. The molecule has 0 fully saturated rings. The zero-order valence-electron chi connectivity index (χ0n) is 5.39. The largest absolute Gasteiger partial charge is 0.384 e. The van der Waals surface area contributed by atoms with E-state index in [-0.39, 0.29) is 16.9 Å². The number of nitrogen functional groups attached to an aromatic ring is 1. The van der Waals surface area contributed by atoms with Gasteiger partial charge in [-0.3, -0.25) is 4.79 Å². The van der Waals surface area contributed by atoms with Crippen LogP contribution in [-0.2, 0) is 0 Å². The molecule has 0 radical (unpaired) electrons. The molecule has 0 bridgehead atoms. The highest BCUT2D eigenvalue weighted by molar-refractivity contribution is 9.10. The van der Waals surface area contributed by atoms with Gasteiger partial charge in [-0.05, 0) is 22.0 Å². The Morgan fingerprint density at radius 1 is 1.73 bits per heavy atom. The molecule has 56 valence electrons. The average molecular weight is 214 g/mol. The van der Waals surface area contributed by atoms with E-state index in [4.69, 9.17) is 11.0 Å². The summed E-state index contributed by atoms with van der Waals surface area (Å²) in [6.45, 7) is 0. The van der Waals surface area contributed by atoms with Gasteiger partial charge < -0.3 is 10.7 Å². The SMILES string of the molecule is N#Cc1cc(Br)c(=O)[nH]c1N. The fourth-order valence-electron chi connectivity index (χ4n) is 0.612. The van der Waals surface area contributed by atoms with Gasteiger partial charge in [0.15, 0.2) is 0 Å². The summed E-state index contributed by atoms with van der Waals surface area (Å²) in [5, 5.41) is 8.46. The Labute approximate surface area is 70.8 Å². The van der Waals surface area contributed by atoms with Gasteiger partial charge in [-0.1, -0.05) is 0 Å². The lowest BCUT2D eigenvalue weighted by atomic mass is 10.3. The molecule has 5 heteroatoms. The van der Waals surface area contributed by atoms with Crippen LogP contribution in [-0.4, -0.2) is 4.98 Å². The van der Waals surface area contributed by atoms with E-state index in [9.17, 15) is 4.79 Å². The minimum absolute atomic E-state index is 0.0979. The van der Waals surface area contributed by atoms with E-state index in [1.165, 1.54) is 6.07 Å². The molecule has 0 aliphatic rings. The summed E-state index contributed by atoms with van der Waals surface area (Å²) in [6, 6.07) is 3.22. The fraction of sp³-hybridized carbons (Fsp3) is 0. The Balaban J connectivity index is 3.47. The molecule has 1 heterocycles. The van der Waals surface area contributed by atoms with Crippen LogP contribution in [0.2, 0.25) is 0 Å². The topological polar surface area (TPSA) is 82.7 Å². The van der Waals surface area contributed by atoms with Crippen molar-refractivity contribution in [3.63, 3.8) is 0 Å². The molecule has 1 aromatic heterocycles. The summed E-state index contributed by atoms with van der Waals surface area (Å²) in [5.41, 5.74) is 5.23. The van der Waals surface area contributed by atoms with Gasteiger partial charge in [0.1, 0.15) is 11.9 Å². The number of rotatable bonds is 0. The molecular weight excluding hydrogens is 210 g/mol. The fourth-order valence-corrected chi connectivity index (χ4v) is 0.940. The van der Waals surface area contributed by atoms with Crippen LogP contribution in [0.4, 0.5) is 5.82 Å². The monoisotopic (exact) mass is 213 g/mol. The predicted molar refractivity (Wildman–Crippen MR) is 43.9 cm³/mol. The maximum atomic E-state index is 10.8. The van der Waals surface area contributed by atoms with Crippen molar-refractivity contribution in [2.45, 2.75) is 0 Å². The number of hydrogen-bond donors (Lipinski definition) is 2. The number of nitriles is 1. The number of hydrogen-bond acceptors (Lipinski definition) is 3. The zero-order valence-corrected chi connectivity index (χ0v) is 6.97. The molecule has 0 saturated heterocycles. The molecule has 11 heavy (non-hydrogen) atoms. The highest BCUT2D eigenvalue weighted by Crippen LogP contribution is 2.09. The number of halogens is 1. The summed E-state index contributed by atoms with van der Waals surface area (Å²) in [5.74, 6) is 0.0979. The van der Waals surface area contributed by atoms with Crippen molar-refractivity contribution in [3.05, 3.63) is 26.5 Å². The number of pyridine rings is 1. The molecule has 0 aliphatic carbocycles. The third kappa shape index (κ3) is 1.41. The third-order valence-corrected chi connectivity index (χ3v) is 1.74. The maximum absolute atomic E-state index is 10.8. The standard InChI is InChI=1S/C6H4BrN3O/c7-4-1-3(2-8)5(9)10-6(4)11/h1H,(H3,9,10,11). The summed E-state index contributed by atoms with van der Waals surface area (Å²) < 4.78 is 0.309. The first-order valence-corrected chi connectivity index (χ1v) is 3.53. The molecule has 0 aromatic carbocycles. The summed E-state index contributed by atoms with van der Waals surface area (Å²) >= 11 is 2.97. The first kappa shape index (κ1) is 7.82. The maximum Gasteiger partial charge on any atom is 0.263 e. The molecule has 0 saturated carbocycles. The summed E-state index contributed by atoms with van der Waals surface area (Å²) in [6.07, 6.45) is 0. The van der Waals surface area contributed by atoms with Gasteiger partial charge in [0.05, 0.1) is 10.0 Å². The Kier molecular flexibility index (Phi) is 1.96. The summed E-state index contributed by atoms with van der Waals surface area (Å²) in [7, 11) is 0. The molecule has 1 aromatic rings. The minimum Gasteiger partial charge on any atom is -0.384 e. The quantitative estimate of drug-likeness (QED) is 0.662. The van der Waals surface area contributed by atoms with E-state index < -0.39 is 0 Å². The van der Waals surface area contributed by atoms with Crippen molar-refractivity contribution in [3.8, 4) is 6.07 Å². The van der Waals surface area contributed by atoms with Gasteiger partial charge in [0, 0.05) is 0 Å². The lowest BCUT2D eigenvalue weighted by Gasteiger charge is -1.95. The lowest BCUT2D eigenvalue weighted by Crippen LogP contribution is -2.10. The van der Waals surface area contributed by atoms with Crippen molar-refractivity contribution in [1.29, 1.82) is 5.26 Å². The number of nitrogens with zero attached hydrogens (tertiary/aromatic N) is 1. The van der Waals surface area contributed by atoms with Crippen LogP contribution in [0.15, 0.2) is 15.3 Å². The predicted octanol–water partition coefficient (Wildman–Crippen LogP) is 0.591. The smallest absolute Gasteiger partial charge is 0.263 e. The number of anilines is 1. The van der Waals surface area contributed by atoms with Gasteiger partial charge in [-0.2, -0.15) is 5.26 Å². The molecule has 3 N–H and O–H groups in total. The highest BCUT2D eigenvalue weighted by Gasteiger charge is 2.01. The molecule has 0 unspecified atom stereocenters. The van der Waals surface area contributed by atoms with Crippen LogP contribution < -0.4 is 11.3 Å². The molecular formula is C6H4BrN3O. The average Bonchev–Trinajstić information content (AvgIpc) is 1.97. The molecule has 0 spiro atoms. The van der Waals surface area contributed by atoms with Crippen LogP contribution in [0.3, 0.4) is 0 Å². The van der Waals surface area contributed by atoms with E-state index in [1.54, 1.807) is 0 Å². The van der Waals surface area contributed by atoms with Gasteiger partial charge in [0.2, 0.25) is 0 Å². The van der Waals surface area contributed by atoms with Gasteiger partial charge >= 0.3 is 0 Å². The third-order valence-electron chi connectivity index (χ3n) is 1.15. The van der Waals surface area contributed by atoms with E-state index >= 15 is 0 Å². The van der Waals surface area contributed by atoms with Crippen molar-refractivity contribution in [1.82, 2.24) is 4.98 Å². The number of nitrogens with one attached hydrogen (secondary N) is 1. The Morgan fingerprint density at radius 2 is 2.36 bits per heavy atom. The molecule has 0 aliphatic heterocycles. The van der Waals surface area contributed by atoms with E-state index in [0.717, 1.165) is 0 Å². The molecule has 4 nitrogen and oxygen atoms in total. The van der Waals surface area contributed by atoms with Gasteiger partial charge in [-0.15, -0.1) is 0 Å². The second-order valence-electron chi connectivity index (χ2n) is 1.89. The van der Waals surface area contributed by atoms with Gasteiger partial charge in [0.25, 0.3) is 5.56 Å². The normalized spacial score (nSPS) is 9.09. The number of aromatic amines is 1. The first-order chi connectivity index (χ1) is 5.15. The molecule has 0 atom stereocenters. The van der Waals surface area contributed by atoms with Crippen molar-refractivity contribution in [2.75, 3.05) is 5.73 Å². The van der Waals surface area contributed by atoms with Gasteiger partial charge in [-0.25, -0.2) is 0 Å². The van der Waals surface area contributed by atoms with Crippen LogP contribution >= 0.6 is 15.9 Å². The Morgan fingerprint density at radius 3 is 2.91 bits per heavy atom. The highest BCUT2D eigenvalue weighted by atomic mass is 79.9. The summed E-state index contributed by atoms with van der Waals surface area (Å²) in [4.78, 5) is 13.1. The second-order valence-corrected chi connectivity index (χ2v) is 2.74. The van der Waals surface area contributed by atoms with E-state index in [2.05, 4.69) is 20.9 Å². The zero-order chi connectivity index (χ0) is 8.43. The Bertz CT molecular complexity index is 376. The van der Waals surface area contributed by atoms with Crippen molar-refractivity contribution >= 4 is 21.7 Å². The molecule has 1 rings (SSSR count). The lowest BCUT2D eigenvalue weighted by molar-refractivity contribution is 1.21. The number of aromatic nitrogens is 1.